The van der Waals surface area contributed by atoms with Crippen molar-refractivity contribution in [2.75, 3.05) is 11.1 Å². The summed E-state index contributed by atoms with van der Waals surface area (Å²) in [5.74, 6) is 1.58. The van der Waals surface area contributed by atoms with Gasteiger partial charge in [0.15, 0.2) is 0 Å². The highest BCUT2D eigenvalue weighted by Gasteiger charge is 2.03. The van der Waals surface area contributed by atoms with E-state index in [4.69, 9.17) is 10.2 Å². The average molecular weight is 217 g/mol. The first-order chi connectivity index (χ1) is 7.79. The highest BCUT2D eigenvalue weighted by atomic mass is 16.4. The molecule has 1 aromatic heterocycles. The van der Waals surface area contributed by atoms with Crippen LogP contribution in [0.2, 0.25) is 0 Å². The molecule has 0 aliphatic heterocycles. The first-order valence-corrected chi connectivity index (χ1v) is 5.31. The number of anilines is 2. The molecule has 0 aliphatic rings. The molecule has 0 aliphatic carbocycles. The minimum Gasteiger partial charge on any atom is -0.444 e. The van der Waals surface area contributed by atoms with E-state index in [9.17, 15) is 0 Å². The van der Waals surface area contributed by atoms with E-state index in [1.165, 1.54) is 0 Å². The number of oxazole rings is 1. The van der Waals surface area contributed by atoms with Crippen LogP contribution in [0.3, 0.4) is 0 Å². The predicted molar refractivity (Wildman–Crippen MR) is 64.1 cm³/mol. The Bertz CT molecular complexity index is 465. The summed E-state index contributed by atoms with van der Waals surface area (Å²) in [6.45, 7) is 2.58. The molecule has 0 saturated carbocycles. The zero-order valence-corrected chi connectivity index (χ0v) is 9.23. The number of nitrogens with two attached hydrogens (primary N) is 1. The van der Waals surface area contributed by atoms with Crippen molar-refractivity contribution in [2.24, 2.45) is 0 Å². The molecule has 0 unspecified atom stereocenters. The monoisotopic (exact) mass is 217 g/mol. The normalized spacial score (nSPS) is 10.3. The molecule has 4 heteroatoms. The fraction of sp³-hybridized carbons (Fsp3) is 0.250. The van der Waals surface area contributed by atoms with Crippen LogP contribution in [-0.2, 0) is 13.0 Å². The van der Waals surface area contributed by atoms with Gasteiger partial charge in [-0.25, -0.2) is 4.98 Å². The van der Waals surface area contributed by atoms with Crippen molar-refractivity contribution in [2.45, 2.75) is 19.9 Å². The minimum absolute atomic E-state index is 0.550. The van der Waals surface area contributed by atoms with Crippen molar-refractivity contribution < 1.29 is 4.42 Å². The van der Waals surface area contributed by atoms with Crippen LogP contribution in [0.1, 0.15) is 18.6 Å². The number of rotatable bonds is 4. The topological polar surface area (TPSA) is 64.1 Å². The average Bonchev–Trinajstić information content (AvgIpc) is 2.76. The Morgan fingerprint density at radius 3 is 2.88 bits per heavy atom. The first-order valence-electron chi connectivity index (χ1n) is 5.31. The summed E-state index contributed by atoms with van der Waals surface area (Å²) in [7, 11) is 0. The van der Waals surface area contributed by atoms with Gasteiger partial charge in [-0.1, -0.05) is 19.1 Å². The van der Waals surface area contributed by atoms with Crippen LogP contribution in [0.5, 0.6) is 0 Å². The number of hydrogen-bond donors (Lipinski definition) is 2. The van der Waals surface area contributed by atoms with Gasteiger partial charge in [-0.2, -0.15) is 0 Å². The lowest BCUT2D eigenvalue weighted by atomic mass is 10.3. The Morgan fingerprint density at radius 1 is 1.38 bits per heavy atom. The predicted octanol–water partition coefficient (Wildman–Crippen LogP) is 2.43. The fourth-order valence-electron chi connectivity index (χ4n) is 1.42. The van der Waals surface area contributed by atoms with Crippen LogP contribution in [0.4, 0.5) is 11.4 Å². The molecule has 2 aromatic rings. The number of para-hydroxylation sites is 2. The minimum atomic E-state index is 0.550. The number of nitrogen functional groups attached to an aromatic ring is 1. The van der Waals surface area contributed by atoms with E-state index >= 15 is 0 Å². The zero-order chi connectivity index (χ0) is 11.4. The summed E-state index contributed by atoms with van der Waals surface area (Å²) >= 11 is 0. The second kappa shape index (κ2) is 4.70. The molecule has 0 amide bonds. The maximum atomic E-state index is 5.80. The van der Waals surface area contributed by atoms with Crippen LogP contribution < -0.4 is 11.1 Å². The molecule has 84 valence electrons. The Morgan fingerprint density at radius 2 is 2.19 bits per heavy atom. The van der Waals surface area contributed by atoms with Crippen molar-refractivity contribution in [3.63, 3.8) is 0 Å². The van der Waals surface area contributed by atoms with E-state index in [-0.39, 0.29) is 0 Å². The number of nitrogens with zero attached hydrogens (tertiary/aromatic N) is 1. The molecule has 0 saturated heterocycles. The van der Waals surface area contributed by atoms with Crippen molar-refractivity contribution in [3.05, 3.63) is 42.1 Å². The SMILES string of the molecule is CCc1cnc(CNc2ccccc2N)o1. The van der Waals surface area contributed by atoms with Gasteiger partial charge in [0.1, 0.15) is 5.76 Å². The summed E-state index contributed by atoms with van der Waals surface area (Å²) in [6, 6.07) is 7.63. The third kappa shape index (κ3) is 2.34. The standard InChI is InChI=1S/C12H15N3O/c1-2-9-7-15-12(16-9)8-14-11-6-4-3-5-10(11)13/h3-7,14H,2,8,13H2,1H3. The van der Waals surface area contributed by atoms with E-state index in [2.05, 4.69) is 10.3 Å². The fourth-order valence-corrected chi connectivity index (χ4v) is 1.42. The molecule has 0 bridgehead atoms. The maximum Gasteiger partial charge on any atom is 0.213 e. The summed E-state index contributed by atoms with van der Waals surface area (Å²) in [5, 5.41) is 3.19. The molecule has 3 N–H and O–H groups in total. The van der Waals surface area contributed by atoms with E-state index in [1.54, 1.807) is 6.20 Å². The van der Waals surface area contributed by atoms with Crippen molar-refractivity contribution in [1.29, 1.82) is 0 Å². The number of benzene rings is 1. The number of hydrogen-bond acceptors (Lipinski definition) is 4. The van der Waals surface area contributed by atoms with Crippen LogP contribution in [0.15, 0.2) is 34.9 Å². The largest absolute Gasteiger partial charge is 0.444 e. The lowest BCUT2D eigenvalue weighted by molar-refractivity contribution is 0.466. The molecular weight excluding hydrogens is 202 g/mol. The van der Waals surface area contributed by atoms with Crippen LogP contribution >= 0.6 is 0 Å². The van der Waals surface area contributed by atoms with Crippen molar-refractivity contribution in [1.82, 2.24) is 4.98 Å². The van der Waals surface area contributed by atoms with E-state index < -0.39 is 0 Å². The molecule has 0 atom stereocenters. The summed E-state index contributed by atoms with van der Waals surface area (Å²) in [6.07, 6.45) is 2.62. The molecule has 0 radical (unpaired) electrons. The van der Waals surface area contributed by atoms with Gasteiger partial charge in [0.2, 0.25) is 5.89 Å². The van der Waals surface area contributed by atoms with Gasteiger partial charge in [-0.05, 0) is 12.1 Å². The lowest BCUT2D eigenvalue weighted by Crippen LogP contribution is -2.02. The second-order valence-corrected chi connectivity index (χ2v) is 3.51. The van der Waals surface area contributed by atoms with Crippen LogP contribution in [-0.4, -0.2) is 4.98 Å². The van der Waals surface area contributed by atoms with Crippen molar-refractivity contribution >= 4 is 11.4 Å². The third-order valence-corrected chi connectivity index (χ3v) is 2.34. The molecule has 1 heterocycles. The Balaban J connectivity index is 1.99. The van der Waals surface area contributed by atoms with Gasteiger partial charge in [0.05, 0.1) is 24.1 Å². The van der Waals surface area contributed by atoms with Gasteiger partial charge in [-0.15, -0.1) is 0 Å². The molecule has 0 fully saturated rings. The van der Waals surface area contributed by atoms with Crippen LogP contribution in [0, 0.1) is 0 Å². The first kappa shape index (κ1) is 10.5. The van der Waals surface area contributed by atoms with Crippen LogP contribution in [0.25, 0.3) is 0 Å². The van der Waals surface area contributed by atoms with Gasteiger partial charge < -0.3 is 15.5 Å². The molecule has 2 rings (SSSR count). The van der Waals surface area contributed by atoms with E-state index in [0.29, 0.717) is 12.4 Å². The van der Waals surface area contributed by atoms with E-state index in [0.717, 1.165) is 23.6 Å². The van der Waals surface area contributed by atoms with E-state index in [1.807, 2.05) is 31.2 Å². The summed E-state index contributed by atoms with van der Waals surface area (Å²) < 4.78 is 5.48. The number of nitrogens with one attached hydrogen (secondary N) is 1. The Kier molecular flexibility index (Phi) is 3.10. The van der Waals surface area contributed by atoms with Gasteiger partial charge in [0, 0.05) is 6.42 Å². The Labute approximate surface area is 94.5 Å². The third-order valence-electron chi connectivity index (χ3n) is 2.34. The molecule has 1 aromatic carbocycles. The quantitative estimate of drug-likeness (QED) is 0.772. The number of aryl methyl sites for hydroxylation is 1. The van der Waals surface area contributed by atoms with Crippen molar-refractivity contribution in [3.8, 4) is 0 Å². The summed E-state index contributed by atoms with van der Waals surface area (Å²) in [5.41, 5.74) is 7.43. The molecule has 4 nitrogen and oxygen atoms in total. The Hall–Kier alpha value is -1.97. The summed E-state index contributed by atoms with van der Waals surface area (Å²) in [4.78, 5) is 4.16. The lowest BCUT2D eigenvalue weighted by Gasteiger charge is -2.06. The van der Waals surface area contributed by atoms with Gasteiger partial charge in [0.25, 0.3) is 0 Å². The smallest absolute Gasteiger partial charge is 0.213 e. The molecule has 16 heavy (non-hydrogen) atoms. The van der Waals surface area contributed by atoms with Gasteiger partial charge >= 0.3 is 0 Å². The second-order valence-electron chi connectivity index (χ2n) is 3.51. The highest BCUT2D eigenvalue weighted by molar-refractivity contribution is 5.65. The number of aromatic nitrogens is 1. The zero-order valence-electron chi connectivity index (χ0n) is 9.23. The highest BCUT2D eigenvalue weighted by Crippen LogP contribution is 2.17. The van der Waals surface area contributed by atoms with Gasteiger partial charge in [-0.3, -0.25) is 0 Å². The molecular formula is C12H15N3O. The molecule has 0 spiro atoms. The maximum absolute atomic E-state index is 5.80.